The second-order valence-electron chi connectivity index (χ2n) is 4.78. The summed E-state index contributed by atoms with van der Waals surface area (Å²) in [6, 6.07) is 3.95. The highest BCUT2D eigenvalue weighted by molar-refractivity contribution is 6.04. The number of amides is 1. The Morgan fingerprint density at radius 2 is 1.73 bits per heavy atom. The summed E-state index contributed by atoms with van der Waals surface area (Å²) < 4.78 is 14.0. The lowest BCUT2D eigenvalue weighted by Crippen LogP contribution is -2.22. The molecule has 1 aromatic rings. The highest BCUT2D eigenvalue weighted by Gasteiger charge is 2.17. The summed E-state index contributed by atoms with van der Waals surface area (Å²) >= 11 is 0. The minimum Gasteiger partial charge on any atom is -0.465 e. The standard InChI is InChI=1S/C18H19NO7/c1-4-5-6-7-16(21)26-11-15(20)19-14-10-12(17(22)24-2)8-9-13(14)18(23)25-3/h4-10H,11H2,1-3H3,(H,19,20)/b5-4+,7-6+. The van der Waals surface area contributed by atoms with E-state index in [9.17, 15) is 19.2 Å². The van der Waals surface area contributed by atoms with Gasteiger partial charge in [0.1, 0.15) is 0 Å². The molecule has 8 nitrogen and oxygen atoms in total. The van der Waals surface area contributed by atoms with Gasteiger partial charge in [-0.2, -0.15) is 0 Å². The second kappa shape index (κ2) is 10.4. The molecule has 0 bridgehead atoms. The molecular formula is C18H19NO7. The Kier molecular flexibility index (Phi) is 8.29. The van der Waals surface area contributed by atoms with Crippen LogP contribution in [0.15, 0.2) is 42.5 Å². The summed E-state index contributed by atoms with van der Waals surface area (Å²) in [5.74, 6) is -2.74. The van der Waals surface area contributed by atoms with Crippen molar-refractivity contribution in [3.63, 3.8) is 0 Å². The molecule has 1 aromatic carbocycles. The summed E-state index contributed by atoms with van der Waals surface area (Å²) in [4.78, 5) is 46.8. The van der Waals surface area contributed by atoms with Crippen molar-refractivity contribution in [3.05, 3.63) is 53.6 Å². The fraction of sp³-hybridized carbons (Fsp3) is 0.222. The van der Waals surface area contributed by atoms with Crippen molar-refractivity contribution >= 4 is 29.5 Å². The summed E-state index contributed by atoms with van der Waals surface area (Å²) in [6.07, 6.45) is 5.97. The first-order valence-corrected chi connectivity index (χ1v) is 7.49. The first-order valence-electron chi connectivity index (χ1n) is 7.49. The van der Waals surface area contributed by atoms with E-state index in [1.54, 1.807) is 19.1 Å². The van der Waals surface area contributed by atoms with Gasteiger partial charge in [0.05, 0.1) is 31.0 Å². The molecule has 0 aliphatic carbocycles. The Balaban J connectivity index is 2.88. The molecule has 1 N–H and O–H groups in total. The zero-order chi connectivity index (χ0) is 19.5. The van der Waals surface area contributed by atoms with Crippen LogP contribution in [0, 0.1) is 0 Å². The number of rotatable bonds is 7. The zero-order valence-corrected chi connectivity index (χ0v) is 14.6. The monoisotopic (exact) mass is 361 g/mol. The Labute approximate surface area is 150 Å². The molecule has 0 radical (unpaired) electrons. The van der Waals surface area contributed by atoms with Gasteiger partial charge in [-0.3, -0.25) is 4.79 Å². The van der Waals surface area contributed by atoms with Crippen molar-refractivity contribution in [1.29, 1.82) is 0 Å². The predicted molar refractivity (Wildman–Crippen MR) is 92.7 cm³/mol. The smallest absolute Gasteiger partial charge is 0.339 e. The molecule has 0 spiro atoms. The molecule has 1 amide bonds. The lowest BCUT2D eigenvalue weighted by atomic mass is 10.1. The number of nitrogens with one attached hydrogen (secondary N) is 1. The van der Waals surface area contributed by atoms with Crippen molar-refractivity contribution in [1.82, 2.24) is 0 Å². The van der Waals surface area contributed by atoms with Gasteiger partial charge in [-0.25, -0.2) is 14.4 Å². The minimum absolute atomic E-state index is 0.0326. The van der Waals surface area contributed by atoms with E-state index in [-0.39, 0.29) is 16.8 Å². The van der Waals surface area contributed by atoms with Crippen molar-refractivity contribution in [2.24, 2.45) is 0 Å². The maximum atomic E-state index is 12.0. The van der Waals surface area contributed by atoms with Gasteiger partial charge in [0.2, 0.25) is 0 Å². The van der Waals surface area contributed by atoms with Crippen molar-refractivity contribution in [2.45, 2.75) is 6.92 Å². The topological polar surface area (TPSA) is 108 Å². The summed E-state index contributed by atoms with van der Waals surface area (Å²) in [7, 11) is 2.39. The van der Waals surface area contributed by atoms with Gasteiger partial charge < -0.3 is 19.5 Å². The third-order valence-electron chi connectivity index (χ3n) is 3.00. The zero-order valence-electron chi connectivity index (χ0n) is 14.6. The first kappa shape index (κ1) is 20.6. The number of benzene rings is 1. The van der Waals surface area contributed by atoms with Crippen molar-refractivity contribution in [2.75, 3.05) is 26.1 Å². The van der Waals surface area contributed by atoms with Crippen LogP contribution < -0.4 is 5.32 Å². The van der Waals surface area contributed by atoms with E-state index in [4.69, 9.17) is 4.74 Å². The lowest BCUT2D eigenvalue weighted by molar-refractivity contribution is -0.142. The normalized spacial score (nSPS) is 10.6. The van der Waals surface area contributed by atoms with Gasteiger partial charge in [-0.15, -0.1) is 0 Å². The number of carbonyl (C=O) groups excluding carboxylic acids is 4. The molecule has 26 heavy (non-hydrogen) atoms. The number of carbonyl (C=O) groups is 4. The lowest BCUT2D eigenvalue weighted by Gasteiger charge is -2.11. The fourth-order valence-corrected chi connectivity index (χ4v) is 1.80. The Bertz CT molecular complexity index is 750. The second-order valence-corrected chi connectivity index (χ2v) is 4.78. The predicted octanol–water partition coefficient (Wildman–Crippen LogP) is 1.87. The van der Waals surface area contributed by atoms with Crippen molar-refractivity contribution in [3.8, 4) is 0 Å². The highest BCUT2D eigenvalue weighted by Crippen LogP contribution is 2.19. The van der Waals surface area contributed by atoms with Crippen LogP contribution in [0.2, 0.25) is 0 Å². The molecule has 8 heteroatoms. The first-order chi connectivity index (χ1) is 12.4. The van der Waals surface area contributed by atoms with Gasteiger partial charge in [-0.05, 0) is 25.1 Å². The molecule has 0 heterocycles. The number of esters is 3. The number of hydrogen-bond acceptors (Lipinski definition) is 7. The van der Waals surface area contributed by atoms with E-state index in [1.807, 2.05) is 0 Å². The average molecular weight is 361 g/mol. The van der Waals surface area contributed by atoms with Gasteiger partial charge in [0.25, 0.3) is 5.91 Å². The average Bonchev–Trinajstić information content (AvgIpc) is 2.65. The molecule has 138 valence electrons. The molecule has 0 atom stereocenters. The molecular weight excluding hydrogens is 342 g/mol. The van der Waals surface area contributed by atoms with E-state index in [2.05, 4.69) is 14.8 Å². The molecule has 0 fully saturated rings. The molecule has 0 aliphatic rings. The Hall–Kier alpha value is -3.42. The summed E-state index contributed by atoms with van der Waals surface area (Å²) in [5.41, 5.74) is 0.194. The fourth-order valence-electron chi connectivity index (χ4n) is 1.80. The molecule has 0 aliphatic heterocycles. The van der Waals surface area contributed by atoms with Crippen LogP contribution >= 0.6 is 0 Å². The Morgan fingerprint density at radius 3 is 2.35 bits per heavy atom. The van der Waals surface area contributed by atoms with Gasteiger partial charge in [0, 0.05) is 6.08 Å². The largest absolute Gasteiger partial charge is 0.465 e. The van der Waals surface area contributed by atoms with Crippen LogP contribution in [0.3, 0.4) is 0 Å². The SMILES string of the molecule is C/C=C/C=C/C(=O)OCC(=O)Nc1cc(C(=O)OC)ccc1C(=O)OC. The molecule has 0 aromatic heterocycles. The third-order valence-corrected chi connectivity index (χ3v) is 3.00. The van der Waals surface area contributed by atoms with E-state index in [1.165, 1.54) is 38.5 Å². The molecule has 1 rings (SSSR count). The van der Waals surface area contributed by atoms with Gasteiger partial charge >= 0.3 is 17.9 Å². The van der Waals surface area contributed by atoms with Crippen molar-refractivity contribution < 1.29 is 33.4 Å². The number of anilines is 1. The van der Waals surface area contributed by atoms with E-state index in [0.29, 0.717) is 0 Å². The van der Waals surface area contributed by atoms with E-state index < -0.39 is 30.4 Å². The molecule has 0 unspecified atom stereocenters. The highest BCUT2D eigenvalue weighted by atomic mass is 16.5. The number of ether oxygens (including phenoxy) is 3. The van der Waals surface area contributed by atoms with Gasteiger partial charge in [-0.1, -0.05) is 18.2 Å². The minimum atomic E-state index is -0.706. The maximum absolute atomic E-state index is 12.0. The maximum Gasteiger partial charge on any atom is 0.339 e. The van der Waals surface area contributed by atoms with Crippen LogP contribution in [0.1, 0.15) is 27.6 Å². The van der Waals surface area contributed by atoms with Crippen LogP contribution in [-0.4, -0.2) is 44.6 Å². The van der Waals surface area contributed by atoms with Crippen LogP contribution in [-0.2, 0) is 23.8 Å². The quantitative estimate of drug-likeness (QED) is 0.342. The third kappa shape index (κ3) is 6.23. The number of allylic oxidation sites excluding steroid dienone is 3. The Morgan fingerprint density at radius 1 is 1.04 bits per heavy atom. The van der Waals surface area contributed by atoms with Crippen LogP contribution in [0.25, 0.3) is 0 Å². The number of methoxy groups -OCH3 is 2. The summed E-state index contributed by atoms with van der Waals surface area (Å²) in [6.45, 7) is 1.21. The van der Waals surface area contributed by atoms with E-state index >= 15 is 0 Å². The summed E-state index contributed by atoms with van der Waals surface area (Å²) in [5, 5.41) is 2.40. The van der Waals surface area contributed by atoms with Crippen LogP contribution in [0.5, 0.6) is 0 Å². The van der Waals surface area contributed by atoms with E-state index in [0.717, 1.165) is 6.08 Å². The van der Waals surface area contributed by atoms with Gasteiger partial charge in [0.15, 0.2) is 6.61 Å². The number of hydrogen-bond donors (Lipinski definition) is 1. The molecule has 0 saturated carbocycles. The van der Waals surface area contributed by atoms with Crippen LogP contribution in [0.4, 0.5) is 5.69 Å². The molecule has 0 saturated heterocycles.